The Morgan fingerprint density at radius 1 is 1.00 bits per heavy atom. The highest BCUT2D eigenvalue weighted by Gasteiger charge is 2.34. The third-order valence-electron chi connectivity index (χ3n) is 6.83. The van der Waals surface area contributed by atoms with Crippen LogP contribution in [0.25, 0.3) is 10.9 Å². The van der Waals surface area contributed by atoms with Crippen molar-refractivity contribution in [3.8, 4) is 5.75 Å². The minimum Gasteiger partial charge on any atom is -0.494 e. The predicted molar refractivity (Wildman–Crippen MR) is 149 cm³/mol. The van der Waals surface area contributed by atoms with Crippen LogP contribution >= 0.6 is 0 Å². The molecule has 1 aromatic heterocycles. The number of halogens is 1. The summed E-state index contributed by atoms with van der Waals surface area (Å²) in [4.78, 5) is 27.9. The number of aromatic nitrogens is 1. The number of carbonyl (C=O) groups excluding carboxylic acids is 2. The lowest BCUT2D eigenvalue weighted by Crippen LogP contribution is -2.43. The van der Waals surface area contributed by atoms with Gasteiger partial charge in [-0.1, -0.05) is 12.1 Å². The molecule has 1 amide bonds. The van der Waals surface area contributed by atoms with Crippen molar-refractivity contribution < 1.29 is 28.2 Å². The maximum absolute atomic E-state index is 13.9. The maximum Gasteiger partial charge on any atom is 0.419 e. The Bertz CT molecular complexity index is 1400. The molecular weight excluding hydrogens is 499 g/mol. The molecule has 0 N–H and O–H groups in total. The minimum absolute atomic E-state index is 0.0740. The molecule has 1 heterocycles. The summed E-state index contributed by atoms with van der Waals surface area (Å²) in [5, 5.41) is 0.949. The van der Waals surface area contributed by atoms with Gasteiger partial charge in [0.05, 0.1) is 12.6 Å². The number of carbonyl (C=O) groups is 2. The summed E-state index contributed by atoms with van der Waals surface area (Å²) in [6, 6.07) is 10.8. The number of fused-ring (bicyclic) bond motifs is 3. The quantitative estimate of drug-likeness (QED) is 0.362. The van der Waals surface area contributed by atoms with E-state index in [-0.39, 0.29) is 17.9 Å². The topological polar surface area (TPSA) is 70.0 Å². The highest BCUT2D eigenvalue weighted by atomic mass is 19.1. The minimum atomic E-state index is -0.643. The summed E-state index contributed by atoms with van der Waals surface area (Å²) in [6.07, 6.45) is 1.70. The van der Waals surface area contributed by atoms with E-state index in [1.165, 1.54) is 13.2 Å². The summed E-state index contributed by atoms with van der Waals surface area (Å²) < 4.78 is 32.2. The van der Waals surface area contributed by atoms with Gasteiger partial charge in [-0.15, -0.1) is 0 Å². The van der Waals surface area contributed by atoms with Crippen molar-refractivity contribution >= 4 is 23.1 Å². The number of rotatable bonds is 4. The molecule has 0 radical (unpaired) electrons. The molecule has 0 bridgehead atoms. The van der Waals surface area contributed by atoms with Crippen molar-refractivity contribution in [3.05, 3.63) is 64.6 Å². The average Bonchev–Trinajstić information content (AvgIpc) is 3.15. The largest absolute Gasteiger partial charge is 0.494 e. The van der Waals surface area contributed by atoms with E-state index in [0.29, 0.717) is 25.7 Å². The average molecular weight is 539 g/mol. The fraction of sp³-hybridized carbons (Fsp3) is 0.484. The molecule has 8 heteroatoms. The van der Waals surface area contributed by atoms with E-state index in [1.54, 1.807) is 28.6 Å². The molecule has 3 aromatic rings. The molecule has 0 fully saturated rings. The molecule has 210 valence electrons. The Morgan fingerprint density at radius 3 is 2.28 bits per heavy atom. The van der Waals surface area contributed by atoms with E-state index in [2.05, 4.69) is 6.07 Å². The lowest BCUT2D eigenvalue weighted by molar-refractivity contribution is 0.0207. The van der Waals surface area contributed by atoms with Crippen LogP contribution in [0, 0.1) is 5.82 Å². The summed E-state index contributed by atoms with van der Waals surface area (Å²) >= 11 is 0. The Kier molecular flexibility index (Phi) is 7.70. The molecule has 1 aliphatic rings. The Balaban J connectivity index is 1.74. The van der Waals surface area contributed by atoms with Gasteiger partial charge in [-0.2, -0.15) is 0 Å². The third kappa shape index (κ3) is 6.37. The van der Waals surface area contributed by atoms with E-state index < -0.39 is 23.1 Å². The van der Waals surface area contributed by atoms with Gasteiger partial charge in [0.25, 0.3) is 0 Å². The SMILES string of the molecule is COc1cc(Cc2ccc3c(c2)c2c(n3C(=O)OC(C)(C)C)CCC(N(C)C(=O)OC(C)(C)C)C2)ccc1F. The molecular formula is C31H39FN2O5. The molecule has 0 saturated heterocycles. The molecule has 0 saturated carbocycles. The molecule has 0 aliphatic heterocycles. The van der Waals surface area contributed by atoms with Gasteiger partial charge < -0.3 is 19.1 Å². The Morgan fingerprint density at radius 2 is 1.64 bits per heavy atom. The maximum atomic E-state index is 13.9. The molecule has 2 aromatic carbocycles. The fourth-order valence-electron chi connectivity index (χ4n) is 5.08. The van der Waals surface area contributed by atoms with Crippen molar-refractivity contribution in [2.24, 2.45) is 0 Å². The zero-order valence-electron chi connectivity index (χ0n) is 24.2. The first kappa shape index (κ1) is 28.5. The normalized spacial score (nSPS) is 15.6. The molecule has 0 spiro atoms. The van der Waals surface area contributed by atoms with Crippen LogP contribution in [0.2, 0.25) is 0 Å². The third-order valence-corrected chi connectivity index (χ3v) is 6.83. The first-order chi connectivity index (χ1) is 18.2. The van der Waals surface area contributed by atoms with Crippen molar-refractivity contribution in [2.45, 2.75) is 84.5 Å². The number of methoxy groups -OCH3 is 1. The van der Waals surface area contributed by atoms with Gasteiger partial charge >= 0.3 is 12.2 Å². The van der Waals surface area contributed by atoms with E-state index in [1.807, 2.05) is 53.7 Å². The van der Waals surface area contributed by atoms with Crippen LogP contribution in [0.15, 0.2) is 36.4 Å². The van der Waals surface area contributed by atoms with Crippen LogP contribution < -0.4 is 4.74 Å². The second-order valence-electron chi connectivity index (χ2n) is 12.2. The standard InChI is InChI=1S/C31H39FN2O5/c1-30(2,3)38-28(35)33(7)21-11-14-26-23(18-21)22-16-19(15-20-9-12-24(32)27(17-20)37-8)10-13-25(22)34(26)29(36)39-31(4,5)6/h9-10,12-13,16-17,21H,11,14-15,18H2,1-8H3. The van der Waals surface area contributed by atoms with Crippen LogP contribution in [0.4, 0.5) is 14.0 Å². The number of likely N-dealkylation sites (N-methyl/N-ethyl adjacent to an activating group) is 1. The molecule has 39 heavy (non-hydrogen) atoms. The monoisotopic (exact) mass is 538 g/mol. The summed E-state index contributed by atoms with van der Waals surface area (Å²) in [5.41, 5.74) is 3.41. The summed E-state index contributed by atoms with van der Waals surface area (Å²) in [7, 11) is 3.22. The molecule has 4 rings (SSSR count). The van der Waals surface area contributed by atoms with Gasteiger partial charge in [0, 0.05) is 24.2 Å². The van der Waals surface area contributed by atoms with Crippen LogP contribution in [0.3, 0.4) is 0 Å². The van der Waals surface area contributed by atoms with E-state index in [0.717, 1.165) is 33.3 Å². The molecule has 1 aliphatic carbocycles. The van der Waals surface area contributed by atoms with E-state index in [4.69, 9.17) is 14.2 Å². The summed E-state index contributed by atoms with van der Waals surface area (Å²) in [5.74, 6) is -0.199. The van der Waals surface area contributed by atoms with Gasteiger partial charge in [-0.25, -0.2) is 18.5 Å². The Labute approximate surface area is 229 Å². The van der Waals surface area contributed by atoms with Crippen molar-refractivity contribution in [3.63, 3.8) is 0 Å². The fourth-order valence-corrected chi connectivity index (χ4v) is 5.08. The van der Waals surface area contributed by atoms with Crippen LogP contribution in [-0.4, -0.2) is 53.1 Å². The zero-order valence-corrected chi connectivity index (χ0v) is 24.2. The molecule has 1 atom stereocenters. The number of ether oxygens (including phenoxy) is 3. The zero-order chi connectivity index (χ0) is 28.7. The highest BCUT2D eigenvalue weighted by molar-refractivity contribution is 5.94. The second-order valence-corrected chi connectivity index (χ2v) is 12.2. The second kappa shape index (κ2) is 10.5. The Hall–Kier alpha value is -3.55. The highest BCUT2D eigenvalue weighted by Crippen LogP contribution is 2.35. The van der Waals surface area contributed by atoms with Gasteiger partial charge in [0.1, 0.15) is 11.2 Å². The summed E-state index contributed by atoms with van der Waals surface area (Å²) in [6.45, 7) is 11.1. The number of hydrogen-bond acceptors (Lipinski definition) is 5. The number of nitrogens with zero attached hydrogens (tertiary/aromatic N) is 2. The van der Waals surface area contributed by atoms with Crippen LogP contribution in [0.1, 0.15) is 70.3 Å². The number of hydrogen-bond donors (Lipinski definition) is 0. The lowest BCUT2D eigenvalue weighted by atomic mass is 9.90. The van der Waals surface area contributed by atoms with Crippen LogP contribution in [-0.2, 0) is 28.7 Å². The first-order valence-corrected chi connectivity index (χ1v) is 13.3. The van der Waals surface area contributed by atoms with Crippen molar-refractivity contribution in [2.75, 3.05) is 14.2 Å². The van der Waals surface area contributed by atoms with Crippen molar-refractivity contribution in [1.29, 1.82) is 0 Å². The smallest absolute Gasteiger partial charge is 0.419 e. The van der Waals surface area contributed by atoms with Crippen molar-refractivity contribution in [1.82, 2.24) is 9.47 Å². The van der Waals surface area contributed by atoms with E-state index >= 15 is 0 Å². The predicted octanol–water partition coefficient (Wildman–Crippen LogP) is 6.89. The first-order valence-electron chi connectivity index (χ1n) is 13.3. The van der Waals surface area contributed by atoms with E-state index in [9.17, 15) is 14.0 Å². The van der Waals surface area contributed by atoms with Gasteiger partial charge in [-0.3, -0.25) is 0 Å². The molecule has 7 nitrogen and oxygen atoms in total. The number of benzene rings is 2. The number of amides is 1. The van der Waals surface area contributed by atoms with Gasteiger partial charge in [0.2, 0.25) is 0 Å². The van der Waals surface area contributed by atoms with Gasteiger partial charge in [0.15, 0.2) is 11.6 Å². The van der Waals surface area contributed by atoms with Crippen LogP contribution in [0.5, 0.6) is 5.75 Å². The molecule has 1 unspecified atom stereocenters. The lowest BCUT2D eigenvalue weighted by Gasteiger charge is -2.33. The van der Waals surface area contributed by atoms with Gasteiger partial charge in [-0.05, 0) is 108 Å².